The van der Waals surface area contributed by atoms with Crippen LogP contribution in [0, 0.1) is 18.6 Å². The summed E-state index contributed by atoms with van der Waals surface area (Å²) in [6, 6.07) is 10.0. The second-order valence-electron chi connectivity index (χ2n) is 5.01. The molecule has 0 bridgehead atoms. The lowest BCUT2D eigenvalue weighted by Gasteiger charge is -2.13. The lowest BCUT2D eigenvalue weighted by atomic mass is 9.98. The van der Waals surface area contributed by atoms with Gasteiger partial charge in [-0.25, -0.2) is 8.78 Å². The van der Waals surface area contributed by atoms with Crippen molar-refractivity contribution < 1.29 is 13.9 Å². The van der Waals surface area contributed by atoms with E-state index in [1.54, 1.807) is 6.92 Å². The summed E-state index contributed by atoms with van der Waals surface area (Å²) >= 11 is 0. The van der Waals surface area contributed by atoms with Crippen LogP contribution in [0.25, 0.3) is 0 Å². The summed E-state index contributed by atoms with van der Waals surface area (Å²) in [7, 11) is 0. The Morgan fingerprint density at radius 1 is 1.00 bits per heavy atom. The third-order valence-corrected chi connectivity index (χ3v) is 3.50. The summed E-state index contributed by atoms with van der Waals surface area (Å²) < 4.78 is 26.9. The average Bonchev–Trinajstić information content (AvgIpc) is 2.43. The molecule has 2 rings (SSSR count). The average molecular weight is 276 g/mol. The van der Waals surface area contributed by atoms with Crippen LogP contribution in [0.5, 0.6) is 0 Å². The zero-order chi connectivity index (χ0) is 14.7. The molecule has 2 aromatic rings. The largest absolute Gasteiger partial charge is 0.388 e. The van der Waals surface area contributed by atoms with Crippen LogP contribution in [-0.4, -0.2) is 5.11 Å². The van der Waals surface area contributed by atoms with Gasteiger partial charge < -0.3 is 5.11 Å². The lowest BCUT2D eigenvalue weighted by Crippen LogP contribution is -2.06. The topological polar surface area (TPSA) is 20.2 Å². The Morgan fingerprint density at radius 3 is 2.20 bits per heavy atom. The molecule has 0 aliphatic carbocycles. The van der Waals surface area contributed by atoms with Crippen molar-refractivity contribution in [2.75, 3.05) is 0 Å². The Labute approximate surface area is 117 Å². The SMILES string of the molecule is CCc1ccc(CC(O)c2cc(C)c(F)cc2F)cc1. The van der Waals surface area contributed by atoms with Gasteiger partial charge in [-0.05, 0) is 36.1 Å². The molecule has 1 atom stereocenters. The van der Waals surface area contributed by atoms with Gasteiger partial charge in [0.25, 0.3) is 0 Å². The first-order chi connectivity index (χ1) is 9.51. The fraction of sp³-hybridized carbons (Fsp3) is 0.294. The van der Waals surface area contributed by atoms with Crippen LogP contribution in [0.3, 0.4) is 0 Å². The fourth-order valence-corrected chi connectivity index (χ4v) is 2.18. The third kappa shape index (κ3) is 3.23. The number of rotatable bonds is 4. The van der Waals surface area contributed by atoms with Crippen LogP contribution in [-0.2, 0) is 12.8 Å². The molecule has 0 radical (unpaired) electrons. The smallest absolute Gasteiger partial charge is 0.131 e. The van der Waals surface area contributed by atoms with E-state index in [0.717, 1.165) is 18.1 Å². The van der Waals surface area contributed by atoms with Crippen molar-refractivity contribution in [3.63, 3.8) is 0 Å². The highest BCUT2D eigenvalue weighted by atomic mass is 19.1. The predicted octanol–water partition coefficient (Wildman–Crippen LogP) is 4.11. The molecule has 2 aromatic carbocycles. The van der Waals surface area contributed by atoms with Crippen LogP contribution < -0.4 is 0 Å². The summed E-state index contributed by atoms with van der Waals surface area (Å²) in [6.45, 7) is 3.63. The second-order valence-corrected chi connectivity index (χ2v) is 5.01. The van der Waals surface area contributed by atoms with Gasteiger partial charge in [-0.1, -0.05) is 31.2 Å². The Kier molecular flexibility index (Phi) is 4.50. The lowest BCUT2D eigenvalue weighted by molar-refractivity contribution is 0.173. The maximum atomic E-state index is 13.7. The van der Waals surface area contributed by atoms with Crippen molar-refractivity contribution in [1.29, 1.82) is 0 Å². The number of halogens is 2. The molecular weight excluding hydrogens is 258 g/mol. The normalized spacial score (nSPS) is 12.4. The molecule has 0 aromatic heterocycles. The first kappa shape index (κ1) is 14.7. The van der Waals surface area contributed by atoms with Crippen LogP contribution in [0.1, 0.15) is 35.3 Å². The van der Waals surface area contributed by atoms with E-state index in [4.69, 9.17) is 0 Å². The molecular formula is C17H18F2O. The van der Waals surface area contributed by atoms with Gasteiger partial charge in [-0.15, -0.1) is 0 Å². The van der Waals surface area contributed by atoms with Crippen molar-refractivity contribution in [2.45, 2.75) is 32.8 Å². The summed E-state index contributed by atoms with van der Waals surface area (Å²) in [5.74, 6) is -1.29. The van der Waals surface area contributed by atoms with E-state index < -0.39 is 17.7 Å². The molecule has 0 spiro atoms. The van der Waals surface area contributed by atoms with Gasteiger partial charge >= 0.3 is 0 Å². The maximum Gasteiger partial charge on any atom is 0.131 e. The number of hydrogen-bond acceptors (Lipinski definition) is 1. The Balaban J connectivity index is 2.18. The minimum atomic E-state index is -0.971. The Bertz CT molecular complexity index is 591. The molecule has 0 amide bonds. The zero-order valence-electron chi connectivity index (χ0n) is 11.7. The van der Waals surface area contributed by atoms with E-state index in [2.05, 4.69) is 6.92 Å². The zero-order valence-corrected chi connectivity index (χ0v) is 11.7. The molecule has 0 aliphatic heterocycles. The van der Waals surface area contributed by atoms with E-state index in [9.17, 15) is 13.9 Å². The Hall–Kier alpha value is -1.74. The second kappa shape index (κ2) is 6.14. The van der Waals surface area contributed by atoms with E-state index in [1.807, 2.05) is 24.3 Å². The number of aliphatic hydroxyl groups excluding tert-OH is 1. The van der Waals surface area contributed by atoms with Crippen molar-refractivity contribution in [2.24, 2.45) is 0 Å². The fourth-order valence-electron chi connectivity index (χ4n) is 2.18. The van der Waals surface area contributed by atoms with Crippen LogP contribution in [0.4, 0.5) is 8.78 Å². The highest BCUT2D eigenvalue weighted by Gasteiger charge is 2.15. The van der Waals surface area contributed by atoms with E-state index in [-0.39, 0.29) is 5.56 Å². The number of hydrogen-bond donors (Lipinski definition) is 1. The molecule has 3 heteroatoms. The quantitative estimate of drug-likeness (QED) is 0.891. The van der Waals surface area contributed by atoms with E-state index >= 15 is 0 Å². The van der Waals surface area contributed by atoms with Crippen molar-refractivity contribution in [3.8, 4) is 0 Å². The molecule has 0 saturated heterocycles. The molecule has 0 saturated carbocycles. The monoisotopic (exact) mass is 276 g/mol. The van der Waals surface area contributed by atoms with Gasteiger partial charge in [-0.3, -0.25) is 0 Å². The highest BCUT2D eigenvalue weighted by molar-refractivity contribution is 5.30. The van der Waals surface area contributed by atoms with Gasteiger partial charge in [0.05, 0.1) is 6.10 Å². The van der Waals surface area contributed by atoms with Gasteiger partial charge in [0.2, 0.25) is 0 Å². The molecule has 0 heterocycles. The number of aliphatic hydroxyl groups is 1. The molecule has 0 fully saturated rings. The van der Waals surface area contributed by atoms with Crippen LogP contribution >= 0.6 is 0 Å². The van der Waals surface area contributed by atoms with E-state index in [1.165, 1.54) is 11.6 Å². The van der Waals surface area contributed by atoms with Crippen LogP contribution in [0.15, 0.2) is 36.4 Å². The molecule has 106 valence electrons. The minimum Gasteiger partial charge on any atom is -0.388 e. The summed E-state index contributed by atoms with van der Waals surface area (Å²) in [5, 5.41) is 10.1. The summed E-state index contributed by atoms with van der Waals surface area (Å²) in [5.41, 5.74) is 2.62. The molecule has 20 heavy (non-hydrogen) atoms. The van der Waals surface area contributed by atoms with Crippen LogP contribution in [0.2, 0.25) is 0 Å². The molecule has 0 aliphatic rings. The molecule has 1 unspecified atom stereocenters. The molecule has 1 nitrogen and oxygen atoms in total. The Morgan fingerprint density at radius 2 is 1.60 bits per heavy atom. The first-order valence-electron chi connectivity index (χ1n) is 6.72. The van der Waals surface area contributed by atoms with E-state index in [0.29, 0.717) is 12.0 Å². The summed E-state index contributed by atoms with van der Waals surface area (Å²) in [6.07, 6.45) is 0.294. The van der Waals surface area contributed by atoms with Crippen molar-refractivity contribution in [3.05, 3.63) is 70.3 Å². The minimum absolute atomic E-state index is 0.142. The maximum absolute atomic E-state index is 13.7. The molecule has 1 N–H and O–H groups in total. The number of aryl methyl sites for hydroxylation is 2. The van der Waals surface area contributed by atoms with Gasteiger partial charge in [0, 0.05) is 18.1 Å². The first-order valence-corrected chi connectivity index (χ1v) is 6.72. The third-order valence-electron chi connectivity index (χ3n) is 3.50. The highest BCUT2D eigenvalue weighted by Crippen LogP contribution is 2.24. The summed E-state index contributed by atoms with van der Waals surface area (Å²) in [4.78, 5) is 0. The van der Waals surface area contributed by atoms with Crippen molar-refractivity contribution >= 4 is 0 Å². The number of benzene rings is 2. The standard InChI is InChI=1S/C17H18F2O/c1-3-12-4-6-13(7-5-12)9-17(20)14-8-11(2)15(18)10-16(14)19/h4-8,10,17,20H,3,9H2,1-2H3. The van der Waals surface area contributed by atoms with Crippen molar-refractivity contribution in [1.82, 2.24) is 0 Å². The van der Waals surface area contributed by atoms with Gasteiger partial charge in [0.1, 0.15) is 11.6 Å². The van der Waals surface area contributed by atoms with Gasteiger partial charge in [0.15, 0.2) is 0 Å². The van der Waals surface area contributed by atoms with Gasteiger partial charge in [-0.2, -0.15) is 0 Å². The predicted molar refractivity (Wildman–Crippen MR) is 75.6 cm³/mol.